The van der Waals surface area contributed by atoms with Gasteiger partial charge in [0.25, 0.3) is 5.91 Å². The summed E-state index contributed by atoms with van der Waals surface area (Å²) in [6, 6.07) is 6.69. The lowest BCUT2D eigenvalue weighted by Crippen LogP contribution is -2.59. The van der Waals surface area contributed by atoms with Crippen LogP contribution in [0.5, 0.6) is 0 Å². The van der Waals surface area contributed by atoms with E-state index in [1.165, 1.54) is 17.4 Å². The second-order valence-corrected chi connectivity index (χ2v) is 9.20. The van der Waals surface area contributed by atoms with Crippen molar-refractivity contribution in [1.82, 2.24) is 14.8 Å². The zero-order valence-electron chi connectivity index (χ0n) is 15.9. The number of hydrogen-bond acceptors (Lipinski definition) is 5. The summed E-state index contributed by atoms with van der Waals surface area (Å²) in [5.74, 6) is -0.539. The molecule has 0 unspecified atom stereocenters. The third kappa shape index (κ3) is 3.59. The number of ether oxygens (including phenoxy) is 1. The van der Waals surface area contributed by atoms with Crippen LogP contribution in [-0.2, 0) is 4.74 Å². The van der Waals surface area contributed by atoms with Crippen LogP contribution in [0.15, 0.2) is 35.8 Å². The Balaban J connectivity index is 1.28. The van der Waals surface area contributed by atoms with Gasteiger partial charge in [-0.25, -0.2) is 9.37 Å². The Morgan fingerprint density at radius 3 is 2.93 bits per heavy atom. The van der Waals surface area contributed by atoms with Crippen molar-refractivity contribution < 1.29 is 13.9 Å². The van der Waals surface area contributed by atoms with E-state index in [9.17, 15) is 9.18 Å². The van der Waals surface area contributed by atoms with E-state index in [4.69, 9.17) is 27.9 Å². The number of benzene rings is 1. The highest BCUT2D eigenvalue weighted by molar-refractivity contribution is 7.16. The Hall–Kier alpha value is -1.77. The molecule has 2 fully saturated rings. The van der Waals surface area contributed by atoms with E-state index in [-0.39, 0.29) is 23.1 Å². The van der Waals surface area contributed by atoms with Gasteiger partial charge in [-0.15, -0.1) is 11.3 Å². The topological polar surface area (TPSA) is 45.7 Å². The molecule has 0 N–H and O–H groups in total. The van der Waals surface area contributed by atoms with E-state index in [0.29, 0.717) is 36.8 Å². The first-order chi connectivity index (χ1) is 14.5. The first-order valence-corrected chi connectivity index (χ1v) is 11.3. The normalized spacial score (nSPS) is 22.3. The fraction of sp³-hybridized carbons (Fsp3) is 0.333. The molecule has 0 aliphatic carbocycles. The standard InChI is InChI=1S/C21H18Cl2FN3O2S/c22-16-7-12(1-2-17(16)24)18-10-26-4-5-27(9-13(26)11-29-18)21(28)15-8-25-20-14(19(15)23)3-6-30-20/h1-3,6-8,13,18H,4-5,9-11H2/t13-,18-/m0/s1. The average molecular weight is 466 g/mol. The SMILES string of the molecule is O=C(c1cnc2sccc2c1Cl)N1CCN2C[C@@H](c3ccc(F)c(Cl)c3)OC[C@@H]2C1. The van der Waals surface area contributed by atoms with Gasteiger partial charge in [0.05, 0.1) is 34.4 Å². The lowest BCUT2D eigenvalue weighted by molar-refractivity contribution is -0.0858. The maximum Gasteiger partial charge on any atom is 0.257 e. The van der Waals surface area contributed by atoms with Crippen molar-refractivity contribution in [3.8, 4) is 0 Å². The second kappa shape index (κ2) is 8.05. The van der Waals surface area contributed by atoms with Crippen molar-refractivity contribution in [3.05, 3.63) is 62.8 Å². The monoisotopic (exact) mass is 465 g/mol. The van der Waals surface area contributed by atoms with Crippen LogP contribution >= 0.6 is 34.5 Å². The molecule has 2 aliphatic heterocycles. The van der Waals surface area contributed by atoms with Crippen LogP contribution in [0.2, 0.25) is 10.0 Å². The molecule has 2 atom stereocenters. The summed E-state index contributed by atoms with van der Waals surface area (Å²) in [5, 5.41) is 3.29. The largest absolute Gasteiger partial charge is 0.370 e. The maximum atomic E-state index is 13.5. The number of nitrogens with zero attached hydrogens (tertiary/aromatic N) is 3. The minimum Gasteiger partial charge on any atom is -0.370 e. The van der Waals surface area contributed by atoms with Crippen LogP contribution < -0.4 is 0 Å². The molecule has 0 radical (unpaired) electrons. The molecule has 9 heteroatoms. The van der Waals surface area contributed by atoms with E-state index in [1.807, 2.05) is 16.3 Å². The van der Waals surface area contributed by atoms with Gasteiger partial charge in [-0.1, -0.05) is 29.3 Å². The van der Waals surface area contributed by atoms with E-state index in [1.54, 1.807) is 18.3 Å². The number of morpholine rings is 1. The Bertz CT molecular complexity index is 1120. The number of carbonyl (C=O) groups is 1. The van der Waals surface area contributed by atoms with Crippen LogP contribution in [0.4, 0.5) is 4.39 Å². The number of carbonyl (C=O) groups excluding carboxylic acids is 1. The van der Waals surface area contributed by atoms with Crippen molar-refractivity contribution in [3.63, 3.8) is 0 Å². The lowest BCUT2D eigenvalue weighted by Gasteiger charge is -2.46. The van der Waals surface area contributed by atoms with Crippen molar-refractivity contribution >= 4 is 50.7 Å². The zero-order chi connectivity index (χ0) is 20.8. The van der Waals surface area contributed by atoms with Crippen LogP contribution in [0.3, 0.4) is 0 Å². The molecular formula is C21H18Cl2FN3O2S. The summed E-state index contributed by atoms with van der Waals surface area (Å²) in [6.07, 6.45) is 1.41. The Labute approximate surface area is 187 Å². The van der Waals surface area contributed by atoms with Crippen molar-refractivity contribution in [1.29, 1.82) is 0 Å². The van der Waals surface area contributed by atoms with Gasteiger partial charge in [0.1, 0.15) is 10.6 Å². The molecule has 3 aromatic rings. The maximum absolute atomic E-state index is 13.5. The molecule has 0 spiro atoms. The molecule has 0 saturated carbocycles. The molecule has 1 amide bonds. The molecule has 5 rings (SSSR count). The first kappa shape index (κ1) is 20.2. The number of hydrogen-bond donors (Lipinski definition) is 0. The lowest BCUT2D eigenvalue weighted by atomic mass is 10.0. The van der Waals surface area contributed by atoms with E-state index < -0.39 is 5.82 Å². The predicted molar refractivity (Wildman–Crippen MR) is 116 cm³/mol. The summed E-state index contributed by atoms with van der Waals surface area (Å²) >= 11 is 13.9. The number of fused-ring (bicyclic) bond motifs is 2. The fourth-order valence-corrected chi connectivity index (χ4v) is 5.37. The highest BCUT2D eigenvalue weighted by Gasteiger charge is 2.36. The highest BCUT2D eigenvalue weighted by Crippen LogP contribution is 2.32. The third-order valence-corrected chi connectivity index (χ3v) is 7.27. The summed E-state index contributed by atoms with van der Waals surface area (Å²) in [6.45, 7) is 3.06. The molecule has 156 valence electrons. The molecule has 0 bridgehead atoms. The number of pyridine rings is 1. The molecule has 30 heavy (non-hydrogen) atoms. The molecule has 2 aliphatic rings. The van der Waals surface area contributed by atoms with E-state index >= 15 is 0 Å². The second-order valence-electron chi connectivity index (χ2n) is 7.52. The van der Waals surface area contributed by atoms with Gasteiger partial charge in [0.2, 0.25) is 0 Å². The number of thiophene rings is 1. The average Bonchev–Trinajstić information content (AvgIpc) is 3.24. The van der Waals surface area contributed by atoms with Crippen molar-refractivity contribution in [2.45, 2.75) is 12.1 Å². The number of halogens is 3. The van der Waals surface area contributed by atoms with Gasteiger partial charge in [-0.05, 0) is 29.1 Å². The Morgan fingerprint density at radius 2 is 2.10 bits per heavy atom. The highest BCUT2D eigenvalue weighted by atomic mass is 35.5. The van der Waals surface area contributed by atoms with Crippen molar-refractivity contribution in [2.75, 3.05) is 32.8 Å². The smallest absolute Gasteiger partial charge is 0.257 e. The van der Waals surface area contributed by atoms with Gasteiger partial charge in [0, 0.05) is 37.8 Å². The van der Waals surface area contributed by atoms with Gasteiger partial charge < -0.3 is 9.64 Å². The van der Waals surface area contributed by atoms with Gasteiger partial charge in [0.15, 0.2) is 0 Å². The van der Waals surface area contributed by atoms with Gasteiger partial charge in [-0.2, -0.15) is 0 Å². The molecule has 1 aromatic carbocycles. The molecule has 4 heterocycles. The van der Waals surface area contributed by atoms with Crippen molar-refractivity contribution in [2.24, 2.45) is 0 Å². The summed E-state index contributed by atoms with van der Waals surface area (Å²) in [4.78, 5) is 22.4. The number of amides is 1. The fourth-order valence-electron chi connectivity index (χ4n) is 4.10. The van der Waals surface area contributed by atoms with Gasteiger partial charge in [-0.3, -0.25) is 9.69 Å². The summed E-state index contributed by atoms with van der Waals surface area (Å²) < 4.78 is 19.5. The minimum absolute atomic E-state index is 0.0988. The van der Waals surface area contributed by atoms with E-state index in [0.717, 1.165) is 22.3 Å². The van der Waals surface area contributed by atoms with Crippen LogP contribution in [0, 0.1) is 5.82 Å². The molecule has 2 saturated heterocycles. The number of aromatic nitrogens is 1. The minimum atomic E-state index is -0.435. The molecule has 2 aromatic heterocycles. The quantitative estimate of drug-likeness (QED) is 0.552. The summed E-state index contributed by atoms with van der Waals surface area (Å²) in [5.41, 5.74) is 1.30. The van der Waals surface area contributed by atoms with Crippen LogP contribution in [-0.4, -0.2) is 59.5 Å². The third-order valence-electron chi connectivity index (χ3n) is 5.76. The number of piperazine rings is 1. The zero-order valence-corrected chi connectivity index (χ0v) is 18.2. The Kier molecular flexibility index (Phi) is 5.41. The van der Waals surface area contributed by atoms with E-state index in [2.05, 4.69) is 9.88 Å². The first-order valence-electron chi connectivity index (χ1n) is 9.63. The summed E-state index contributed by atoms with van der Waals surface area (Å²) in [7, 11) is 0. The molecular weight excluding hydrogens is 448 g/mol. The Morgan fingerprint density at radius 1 is 1.23 bits per heavy atom. The number of rotatable bonds is 2. The van der Waals surface area contributed by atoms with Crippen LogP contribution in [0.25, 0.3) is 10.2 Å². The molecule has 5 nitrogen and oxygen atoms in total. The van der Waals surface area contributed by atoms with Gasteiger partial charge >= 0.3 is 0 Å². The predicted octanol–water partition coefficient (Wildman–Crippen LogP) is 4.64. The van der Waals surface area contributed by atoms with Crippen LogP contribution in [0.1, 0.15) is 22.0 Å².